The average Bonchev–Trinajstić information content (AvgIpc) is 2.85. The molecular formula is C13H13N3O4. The molecule has 2 rings (SSSR count). The second-order valence-electron chi connectivity index (χ2n) is 4.09. The largest absolute Gasteiger partial charge is 0.482 e. The summed E-state index contributed by atoms with van der Waals surface area (Å²) in [5.74, 6) is -0.939. The number of carbonyl (C=O) groups is 2. The smallest absolute Gasteiger partial charge is 0.341 e. The van der Waals surface area contributed by atoms with E-state index < -0.39 is 12.6 Å². The van der Waals surface area contributed by atoms with Gasteiger partial charge in [0, 0.05) is 18.9 Å². The SMILES string of the molecule is Cn1cnc(C(=O)Nc2ccc(OCC(=O)O)cc2)c1. The predicted molar refractivity (Wildman–Crippen MR) is 70.7 cm³/mol. The van der Waals surface area contributed by atoms with E-state index in [1.54, 1.807) is 42.1 Å². The van der Waals surface area contributed by atoms with Crippen molar-refractivity contribution in [1.29, 1.82) is 0 Å². The van der Waals surface area contributed by atoms with Gasteiger partial charge in [-0.25, -0.2) is 9.78 Å². The lowest BCUT2D eigenvalue weighted by Gasteiger charge is -2.06. The number of carboxylic acid groups (broad SMARTS) is 1. The lowest BCUT2D eigenvalue weighted by molar-refractivity contribution is -0.139. The fourth-order valence-electron chi connectivity index (χ4n) is 1.50. The van der Waals surface area contributed by atoms with Gasteiger partial charge >= 0.3 is 5.97 Å². The number of benzene rings is 1. The number of ether oxygens (including phenoxy) is 1. The minimum atomic E-state index is -1.04. The average molecular weight is 275 g/mol. The van der Waals surface area contributed by atoms with Crippen LogP contribution in [0.4, 0.5) is 5.69 Å². The van der Waals surface area contributed by atoms with Gasteiger partial charge in [0.15, 0.2) is 6.61 Å². The van der Waals surface area contributed by atoms with Crippen LogP contribution in [0.2, 0.25) is 0 Å². The molecule has 0 saturated carbocycles. The number of imidazole rings is 1. The Labute approximate surface area is 114 Å². The number of aliphatic carboxylic acids is 1. The summed E-state index contributed by atoms with van der Waals surface area (Å²) >= 11 is 0. The lowest BCUT2D eigenvalue weighted by atomic mass is 10.3. The first-order valence-corrected chi connectivity index (χ1v) is 5.78. The molecular weight excluding hydrogens is 262 g/mol. The third kappa shape index (κ3) is 3.58. The van der Waals surface area contributed by atoms with Gasteiger partial charge in [-0.2, -0.15) is 0 Å². The van der Waals surface area contributed by atoms with Gasteiger partial charge in [-0.05, 0) is 24.3 Å². The first-order valence-electron chi connectivity index (χ1n) is 5.78. The Morgan fingerprint density at radius 1 is 1.35 bits per heavy atom. The van der Waals surface area contributed by atoms with Gasteiger partial charge < -0.3 is 19.7 Å². The van der Waals surface area contributed by atoms with Crippen molar-refractivity contribution < 1.29 is 19.4 Å². The zero-order valence-corrected chi connectivity index (χ0v) is 10.7. The van der Waals surface area contributed by atoms with Crippen molar-refractivity contribution in [3.05, 3.63) is 42.5 Å². The summed E-state index contributed by atoms with van der Waals surface area (Å²) < 4.78 is 6.67. The van der Waals surface area contributed by atoms with Crippen LogP contribution < -0.4 is 10.1 Å². The molecule has 0 atom stereocenters. The minimum Gasteiger partial charge on any atom is -0.482 e. The van der Waals surface area contributed by atoms with E-state index in [1.165, 1.54) is 6.33 Å². The van der Waals surface area contributed by atoms with E-state index in [0.29, 0.717) is 17.1 Å². The molecule has 1 aromatic heterocycles. The summed E-state index contributed by atoms with van der Waals surface area (Å²) in [7, 11) is 1.78. The number of nitrogens with one attached hydrogen (secondary N) is 1. The van der Waals surface area contributed by atoms with Crippen LogP contribution in [0, 0.1) is 0 Å². The second-order valence-corrected chi connectivity index (χ2v) is 4.09. The fourth-order valence-corrected chi connectivity index (χ4v) is 1.50. The summed E-state index contributed by atoms with van der Waals surface area (Å²) in [5.41, 5.74) is 0.891. The molecule has 0 saturated heterocycles. The van der Waals surface area contributed by atoms with Crippen molar-refractivity contribution >= 4 is 17.6 Å². The monoisotopic (exact) mass is 275 g/mol. The van der Waals surface area contributed by atoms with Crippen LogP contribution in [0.1, 0.15) is 10.5 Å². The van der Waals surface area contributed by atoms with Crippen molar-refractivity contribution in [1.82, 2.24) is 9.55 Å². The van der Waals surface area contributed by atoms with Gasteiger partial charge in [0.05, 0.1) is 6.33 Å². The fraction of sp³-hybridized carbons (Fsp3) is 0.154. The van der Waals surface area contributed by atoms with Crippen molar-refractivity contribution in [2.24, 2.45) is 7.05 Å². The molecule has 0 fully saturated rings. The Bertz CT molecular complexity index is 619. The van der Waals surface area contributed by atoms with Crippen molar-refractivity contribution in [3.8, 4) is 5.75 Å². The summed E-state index contributed by atoms with van der Waals surface area (Å²) in [4.78, 5) is 26.1. The first-order chi connectivity index (χ1) is 9.54. The molecule has 0 bridgehead atoms. The predicted octanol–water partition coefficient (Wildman–Crippen LogP) is 1.14. The van der Waals surface area contributed by atoms with E-state index >= 15 is 0 Å². The zero-order chi connectivity index (χ0) is 14.5. The van der Waals surface area contributed by atoms with Gasteiger partial charge in [-0.1, -0.05) is 0 Å². The maximum Gasteiger partial charge on any atom is 0.341 e. The van der Waals surface area contributed by atoms with Gasteiger partial charge in [0.25, 0.3) is 5.91 Å². The third-order valence-corrected chi connectivity index (χ3v) is 2.41. The van der Waals surface area contributed by atoms with Crippen LogP contribution in [-0.4, -0.2) is 33.1 Å². The highest BCUT2D eigenvalue weighted by molar-refractivity contribution is 6.02. The Morgan fingerprint density at radius 3 is 2.60 bits per heavy atom. The van der Waals surface area contributed by atoms with Gasteiger partial charge in [-0.3, -0.25) is 4.79 Å². The molecule has 0 aliphatic rings. The molecule has 0 radical (unpaired) electrons. The highest BCUT2D eigenvalue weighted by atomic mass is 16.5. The number of aromatic nitrogens is 2. The number of amides is 1. The Hall–Kier alpha value is -2.83. The standard InChI is InChI=1S/C13H13N3O4/c1-16-6-11(14-8-16)13(19)15-9-2-4-10(5-3-9)20-7-12(17)18/h2-6,8H,7H2,1H3,(H,15,19)(H,17,18). The molecule has 0 aliphatic carbocycles. The normalized spacial score (nSPS) is 10.1. The zero-order valence-electron chi connectivity index (χ0n) is 10.7. The van der Waals surface area contributed by atoms with Crippen LogP contribution in [0.3, 0.4) is 0 Å². The Kier molecular flexibility index (Phi) is 3.99. The van der Waals surface area contributed by atoms with Crippen LogP contribution >= 0.6 is 0 Å². The number of hydrogen-bond donors (Lipinski definition) is 2. The number of nitrogens with zero attached hydrogens (tertiary/aromatic N) is 2. The van der Waals surface area contributed by atoms with Crippen LogP contribution in [-0.2, 0) is 11.8 Å². The molecule has 0 aliphatic heterocycles. The molecule has 1 amide bonds. The Balaban J connectivity index is 1.96. The molecule has 7 nitrogen and oxygen atoms in total. The number of hydrogen-bond acceptors (Lipinski definition) is 4. The highest BCUT2D eigenvalue weighted by Crippen LogP contribution is 2.16. The quantitative estimate of drug-likeness (QED) is 0.853. The molecule has 1 heterocycles. The van der Waals surface area contributed by atoms with E-state index in [1.807, 2.05) is 0 Å². The third-order valence-electron chi connectivity index (χ3n) is 2.41. The van der Waals surface area contributed by atoms with Crippen LogP contribution in [0.5, 0.6) is 5.75 Å². The molecule has 2 N–H and O–H groups in total. The molecule has 7 heteroatoms. The maximum atomic E-state index is 11.8. The van der Waals surface area contributed by atoms with Gasteiger partial charge in [0.2, 0.25) is 0 Å². The Morgan fingerprint density at radius 2 is 2.05 bits per heavy atom. The molecule has 20 heavy (non-hydrogen) atoms. The molecule has 1 aromatic carbocycles. The summed E-state index contributed by atoms with van der Waals surface area (Å²) in [6, 6.07) is 6.41. The van der Waals surface area contributed by atoms with E-state index in [2.05, 4.69) is 10.3 Å². The van der Waals surface area contributed by atoms with E-state index in [9.17, 15) is 9.59 Å². The molecule has 0 unspecified atom stereocenters. The molecule has 2 aromatic rings. The highest BCUT2D eigenvalue weighted by Gasteiger charge is 2.08. The lowest BCUT2D eigenvalue weighted by Crippen LogP contribution is -2.12. The topological polar surface area (TPSA) is 93.5 Å². The second kappa shape index (κ2) is 5.87. The van der Waals surface area contributed by atoms with E-state index in [4.69, 9.17) is 9.84 Å². The number of rotatable bonds is 5. The number of anilines is 1. The molecule has 0 spiro atoms. The van der Waals surface area contributed by atoms with Crippen LogP contribution in [0.15, 0.2) is 36.8 Å². The van der Waals surface area contributed by atoms with Gasteiger partial charge in [-0.15, -0.1) is 0 Å². The van der Waals surface area contributed by atoms with Crippen molar-refractivity contribution in [2.45, 2.75) is 0 Å². The maximum absolute atomic E-state index is 11.8. The van der Waals surface area contributed by atoms with Crippen molar-refractivity contribution in [3.63, 3.8) is 0 Å². The van der Waals surface area contributed by atoms with Crippen molar-refractivity contribution in [2.75, 3.05) is 11.9 Å². The van der Waals surface area contributed by atoms with E-state index in [-0.39, 0.29) is 5.91 Å². The summed E-state index contributed by atoms with van der Waals surface area (Å²) in [5, 5.41) is 11.2. The summed E-state index contributed by atoms with van der Waals surface area (Å²) in [6.07, 6.45) is 3.15. The van der Waals surface area contributed by atoms with Gasteiger partial charge in [0.1, 0.15) is 11.4 Å². The number of carboxylic acids is 1. The summed E-state index contributed by atoms with van der Waals surface area (Å²) in [6.45, 7) is -0.403. The number of carbonyl (C=O) groups excluding carboxylic acids is 1. The molecule has 104 valence electrons. The van der Waals surface area contributed by atoms with Crippen LogP contribution in [0.25, 0.3) is 0 Å². The first kappa shape index (κ1) is 13.6. The minimum absolute atomic E-state index is 0.315. The van der Waals surface area contributed by atoms with E-state index in [0.717, 1.165) is 0 Å². The number of aryl methyl sites for hydroxylation is 1.